The number of phenolic OH excluding ortho intramolecular Hbond substituents is 2. The molecule has 0 radical (unpaired) electrons. The van der Waals surface area contributed by atoms with E-state index in [0.29, 0.717) is 32.6 Å². The van der Waals surface area contributed by atoms with Crippen molar-refractivity contribution in [1.82, 2.24) is 9.80 Å². The van der Waals surface area contributed by atoms with Gasteiger partial charge in [0.25, 0.3) is 5.91 Å². The fourth-order valence-corrected chi connectivity index (χ4v) is 2.43. The van der Waals surface area contributed by atoms with Crippen molar-refractivity contribution >= 4 is 11.8 Å². The summed E-state index contributed by atoms with van der Waals surface area (Å²) >= 11 is 0. The van der Waals surface area contributed by atoms with Gasteiger partial charge in [-0.1, -0.05) is 6.92 Å². The first-order valence-electron chi connectivity index (χ1n) is 7.11. The molecule has 0 saturated carbocycles. The van der Waals surface area contributed by atoms with E-state index in [2.05, 4.69) is 0 Å². The van der Waals surface area contributed by atoms with Crippen molar-refractivity contribution in [3.05, 3.63) is 23.8 Å². The highest BCUT2D eigenvalue weighted by atomic mass is 16.3. The van der Waals surface area contributed by atoms with Gasteiger partial charge in [0.2, 0.25) is 5.91 Å². The van der Waals surface area contributed by atoms with Gasteiger partial charge < -0.3 is 20.0 Å². The highest BCUT2D eigenvalue weighted by molar-refractivity contribution is 5.95. The van der Waals surface area contributed by atoms with Gasteiger partial charge in [-0.15, -0.1) is 0 Å². The minimum Gasteiger partial charge on any atom is -0.508 e. The quantitative estimate of drug-likeness (QED) is 0.876. The van der Waals surface area contributed by atoms with Crippen LogP contribution in [-0.4, -0.2) is 58.0 Å². The molecule has 1 aliphatic rings. The van der Waals surface area contributed by atoms with Gasteiger partial charge in [-0.3, -0.25) is 9.59 Å². The predicted molar refractivity (Wildman–Crippen MR) is 77.2 cm³/mol. The number of piperazine rings is 1. The van der Waals surface area contributed by atoms with Crippen molar-refractivity contribution < 1.29 is 19.8 Å². The second kappa shape index (κ2) is 6.47. The van der Waals surface area contributed by atoms with Gasteiger partial charge in [0.15, 0.2) is 0 Å². The van der Waals surface area contributed by atoms with E-state index in [1.165, 1.54) is 18.2 Å². The van der Waals surface area contributed by atoms with Crippen molar-refractivity contribution in [3.63, 3.8) is 0 Å². The van der Waals surface area contributed by atoms with E-state index in [0.717, 1.165) is 6.42 Å². The lowest BCUT2D eigenvalue weighted by Crippen LogP contribution is -2.50. The molecule has 6 nitrogen and oxygen atoms in total. The highest BCUT2D eigenvalue weighted by Gasteiger charge is 2.24. The summed E-state index contributed by atoms with van der Waals surface area (Å²) in [4.78, 5) is 27.5. The van der Waals surface area contributed by atoms with Crippen LogP contribution in [0.1, 0.15) is 30.1 Å². The normalized spacial score (nSPS) is 15.1. The molecule has 1 aromatic rings. The molecule has 0 unspecified atom stereocenters. The van der Waals surface area contributed by atoms with E-state index < -0.39 is 0 Å². The largest absolute Gasteiger partial charge is 0.508 e. The van der Waals surface area contributed by atoms with Crippen LogP contribution in [0.2, 0.25) is 0 Å². The Bertz CT molecular complexity index is 516. The van der Waals surface area contributed by atoms with E-state index in [1.807, 2.05) is 6.92 Å². The Hall–Kier alpha value is -2.24. The van der Waals surface area contributed by atoms with E-state index in [1.54, 1.807) is 9.80 Å². The Kier molecular flexibility index (Phi) is 4.67. The third-order valence-electron chi connectivity index (χ3n) is 3.53. The molecule has 0 bridgehead atoms. The molecule has 0 atom stereocenters. The summed E-state index contributed by atoms with van der Waals surface area (Å²) in [5.41, 5.74) is 0.251. The van der Waals surface area contributed by atoms with Crippen molar-refractivity contribution in [2.75, 3.05) is 26.2 Å². The molecule has 2 rings (SSSR count). The second-order valence-corrected chi connectivity index (χ2v) is 5.16. The molecule has 1 fully saturated rings. The zero-order valence-corrected chi connectivity index (χ0v) is 12.1. The molecule has 2 N–H and O–H groups in total. The minimum atomic E-state index is -0.246. The van der Waals surface area contributed by atoms with E-state index >= 15 is 0 Å². The molecule has 21 heavy (non-hydrogen) atoms. The average Bonchev–Trinajstić information content (AvgIpc) is 2.46. The first-order chi connectivity index (χ1) is 10.0. The van der Waals surface area contributed by atoms with E-state index in [-0.39, 0.29) is 28.9 Å². The second-order valence-electron chi connectivity index (χ2n) is 5.16. The summed E-state index contributed by atoms with van der Waals surface area (Å²) < 4.78 is 0. The summed E-state index contributed by atoms with van der Waals surface area (Å²) in [5, 5.41) is 18.9. The maximum Gasteiger partial charge on any atom is 0.254 e. The third-order valence-corrected chi connectivity index (χ3v) is 3.53. The number of carbonyl (C=O) groups is 2. The molecule has 6 heteroatoms. The first-order valence-corrected chi connectivity index (χ1v) is 7.11. The van der Waals surface area contributed by atoms with Crippen LogP contribution in [0.5, 0.6) is 11.5 Å². The van der Waals surface area contributed by atoms with Crippen LogP contribution in [0, 0.1) is 0 Å². The third kappa shape index (κ3) is 3.65. The molecule has 2 amide bonds. The number of nitrogens with zero attached hydrogens (tertiary/aromatic N) is 2. The lowest BCUT2D eigenvalue weighted by atomic mass is 10.1. The van der Waals surface area contributed by atoms with Gasteiger partial charge in [0.05, 0.1) is 0 Å². The highest BCUT2D eigenvalue weighted by Crippen LogP contribution is 2.22. The number of phenols is 2. The van der Waals surface area contributed by atoms with Crippen LogP contribution >= 0.6 is 0 Å². The SMILES string of the molecule is CCCC(=O)N1CCN(C(=O)c2cc(O)cc(O)c2)CC1. The van der Waals surface area contributed by atoms with Gasteiger partial charge in [0.1, 0.15) is 11.5 Å². The average molecular weight is 292 g/mol. The molecule has 0 aromatic heterocycles. The van der Waals surface area contributed by atoms with Crippen LogP contribution in [0.3, 0.4) is 0 Å². The lowest BCUT2D eigenvalue weighted by molar-refractivity contribution is -0.132. The zero-order chi connectivity index (χ0) is 15.4. The summed E-state index contributed by atoms with van der Waals surface area (Å²) in [6.45, 7) is 3.94. The fourth-order valence-electron chi connectivity index (χ4n) is 2.43. The Balaban J connectivity index is 1.98. The standard InChI is InChI=1S/C15H20N2O4/c1-2-3-14(20)16-4-6-17(7-5-16)15(21)11-8-12(18)10-13(19)9-11/h8-10,18-19H,2-7H2,1H3. The number of hydrogen-bond donors (Lipinski definition) is 2. The number of aromatic hydroxyl groups is 2. The van der Waals surface area contributed by atoms with Crippen molar-refractivity contribution in [1.29, 1.82) is 0 Å². The van der Waals surface area contributed by atoms with Crippen molar-refractivity contribution in [2.24, 2.45) is 0 Å². The molecular formula is C15H20N2O4. The Morgan fingerprint density at radius 3 is 2.05 bits per heavy atom. The molecule has 1 aliphatic heterocycles. The number of carbonyl (C=O) groups excluding carboxylic acids is 2. The molecule has 1 heterocycles. The molecule has 0 aliphatic carbocycles. The smallest absolute Gasteiger partial charge is 0.254 e. The Labute approximate surface area is 123 Å². The van der Waals surface area contributed by atoms with Crippen LogP contribution < -0.4 is 0 Å². The number of rotatable bonds is 3. The van der Waals surface area contributed by atoms with Gasteiger partial charge in [-0.2, -0.15) is 0 Å². The topological polar surface area (TPSA) is 81.1 Å². The Morgan fingerprint density at radius 1 is 1.00 bits per heavy atom. The summed E-state index contributed by atoms with van der Waals surface area (Å²) in [5.74, 6) is -0.409. The minimum absolute atomic E-state index is 0.125. The van der Waals surface area contributed by atoms with E-state index in [4.69, 9.17) is 0 Å². The fraction of sp³-hybridized carbons (Fsp3) is 0.467. The summed E-state index contributed by atoms with van der Waals surface area (Å²) in [6, 6.07) is 3.84. The predicted octanol–water partition coefficient (Wildman–Crippen LogP) is 1.18. The number of benzene rings is 1. The molecular weight excluding hydrogens is 272 g/mol. The molecule has 114 valence electrons. The van der Waals surface area contributed by atoms with Crippen molar-refractivity contribution in [3.8, 4) is 11.5 Å². The number of amides is 2. The summed E-state index contributed by atoms with van der Waals surface area (Å²) in [6.07, 6.45) is 1.36. The zero-order valence-electron chi connectivity index (χ0n) is 12.1. The first kappa shape index (κ1) is 15.2. The molecule has 0 spiro atoms. The molecule has 1 aromatic carbocycles. The van der Waals surface area contributed by atoms with Crippen LogP contribution in [0.4, 0.5) is 0 Å². The van der Waals surface area contributed by atoms with Crippen molar-refractivity contribution in [2.45, 2.75) is 19.8 Å². The van der Waals surface area contributed by atoms with Gasteiger partial charge >= 0.3 is 0 Å². The summed E-state index contributed by atoms with van der Waals surface area (Å²) in [7, 11) is 0. The van der Waals surface area contributed by atoms with Gasteiger partial charge in [0, 0.05) is 44.2 Å². The van der Waals surface area contributed by atoms with Gasteiger partial charge in [-0.25, -0.2) is 0 Å². The van der Waals surface area contributed by atoms with E-state index in [9.17, 15) is 19.8 Å². The van der Waals surface area contributed by atoms with Crippen LogP contribution in [0.25, 0.3) is 0 Å². The number of hydrogen-bond acceptors (Lipinski definition) is 4. The maximum absolute atomic E-state index is 12.3. The molecule has 1 saturated heterocycles. The van der Waals surface area contributed by atoms with Crippen LogP contribution in [0.15, 0.2) is 18.2 Å². The lowest BCUT2D eigenvalue weighted by Gasteiger charge is -2.34. The monoisotopic (exact) mass is 292 g/mol. The van der Waals surface area contributed by atoms with Crippen LogP contribution in [-0.2, 0) is 4.79 Å². The van der Waals surface area contributed by atoms with Gasteiger partial charge in [-0.05, 0) is 18.6 Å². The Morgan fingerprint density at radius 2 is 1.52 bits per heavy atom. The maximum atomic E-state index is 12.3.